The summed E-state index contributed by atoms with van der Waals surface area (Å²) in [5.41, 5.74) is 12.1. The summed E-state index contributed by atoms with van der Waals surface area (Å²) in [5.74, 6) is 0. The van der Waals surface area contributed by atoms with Crippen LogP contribution in [0.25, 0.3) is 91.9 Å². The molecule has 12 aromatic rings. The first-order valence-electron chi connectivity index (χ1n) is 19.7. The molecule has 3 nitrogen and oxygen atoms in total. The highest BCUT2D eigenvalue weighted by Crippen LogP contribution is 2.47. The van der Waals surface area contributed by atoms with Crippen LogP contribution in [0.1, 0.15) is 0 Å². The molecule has 0 saturated carbocycles. The highest BCUT2D eigenvalue weighted by Gasteiger charge is 2.22. The Kier molecular flexibility index (Phi) is 7.40. The summed E-state index contributed by atoms with van der Waals surface area (Å²) < 4.78 is 10.4. The minimum absolute atomic E-state index is 0.868. The van der Waals surface area contributed by atoms with Gasteiger partial charge < -0.3 is 13.9 Å². The Morgan fingerprint density at radius 3 is 1.83 bits per heavy atom. The van der Waals surface area contributed by atoms with Crippen molar-refractivity contribution in [2.45, 2.75) is 0 Å². The van der Waals surface area contributed by atoms with Crippen molar-refractivity contribution in [3.63, 3.8) is 0 Å². The van der Waals surface area contributed by atoms with Gasteiger partial charge in [0.25, 0.3) is 0 Å². The summed E-state index contributed by atoms with van der Waals surface area (Å²) in [7, 11) is 0. The van der Waals surface area contributed by atoms with Gasteiger partial charge in [-0.3, -0.25) is 0 Å². The van der Waals surface area contributed by atoms with Gasteiger partial charge >= 0.3 is 0 Å². The molecule has 9 aromatic carbocycles. The number of thiophene rings is 1. The van der Waals surface area contributed by atoms with Crippen LogP contribution in [0.5, 0.6) is 0 Å². The molecule has 0 atom stereocenters. The largest absolute Gasteiger partial charge is 0.454 e. The standard InChI is InChI=1S/C54H34N2OS/c1-2-15-38(16-3-1)56-48-24-8-6-19-46(48)51-47-23-11-21-43(53(47)58-54(51)56)37-29-33-40(34-30-37)55(49-25-12-22-45-44-18-7-9-26-50(44)57-52(45)49)39-31-27-36(28-32-39)42-20-10-14-35-13-4-5-17-41(35)42/h1-34H. The summed E-state index contributed by atoms with van der Waals surface area (Å²) in [5, 5.41) is 8.59. The molecule has 0 unspecified atom stereocenters. The van der Waals surface area contributed by atoms with Gasteiger partial charge in [-0.1, -0.05) is 152 Å². The average molecular weight is 759 g/mol. The number of fused-ring (bicyclic) bond motifs is 9. The normalized spacial score (nSPS) is 11.8. The minimum Gasteiger partial charge on any atom is -0.454 e. The molecule has 0 N–H and O–H groups in total. The average Bonchev–Trinajstić information content (AvgIpc) is 3.97. The van der Waals surface area contributed by atoms with Crippen molar-refractivity contribution in [2.75, 3.05) is 4.90 Å². The van der Waals surface area contributed by atoms with Crippen LogP contribution in [0.2, 0.25) is 0 Å². The summed E-state index contributed by atoms with van der Waals surface area (Å²) in [6.45, 7) is 0. The van der Waals surface area contributed by atoms with Crippen molar-refractivity contribution in [3.05, 3.63) is 206 Å². The maximum atomic E-state index is 6.64. The molecule has 0 radical (unpaired) electrons. The van der Waals surface area contributed by atoms with Crippen molar-refractivity contribution < 1.29 is 4.42 Å². The first kappa shape index (κ1) is 32.8. The van der Waals surface area contributed by atoms with Gasteiger partial charge in [0, 0.05) is 48.7 Å². The highest BCUT2D eigenvalue weighted by molar-refractivity contribution is 7.26. The second kappa shape index (κ2) is 13.1. The predicted octanol–water partition coefficient (Wildman–Crippen LogP) is 15.9. The van der Waals surface area contributed by atoms with E-state index in [0.29, 0.717) is 0 Å². The molecule has 0 aliphatic rings. The van der Waals surface area contributed by atoms with Crippen LogP contribution in [0.4, 0.5) is 17.1 Å². The molecule has 0 bridgehead atoms. The zero-order valence-electron chi connectivity index (χ0n) is 31.3. The number of furan rings is 1. The third kappa shape index (κ3) is 5.05. The second-order valence-electron chi connectivity index (χ2n) is 14.9. The van der Waals surface area contributed by atoms with Gasteiger partial charge in [-0.15, -0.1) is 11.3 Å². The number of hydrogen-bond donors (Lipinski definition) is 0. The highest BCUT2D eigenvalue weighted by atomic mass is 32.1. The zero-order valence-corrected chi connectivity index (χ0v) is 32.2. The fourth-order valence-electron chi connectivity index (χ4n) is 8.97. The van der Waals surface area contributed by atoms with E-state index in [-0.39, 0.29) is 0 Å². The van der Waals surface area contributed by atoms with Gasteiger partial charge in [0.1, 0.15) is 10.4 Å². The van der Waals surface area contributed by atoms with Crippen molar-refractivity contribution >= 4 is 92.3 Å². The molecule has 0 spiro atoms. The Morgan fingerprint density at radius 1 is 0.431 bits per heavy atom. The van der Waals surface area contributed by atoms with Crippen LogP contribution in [0, 0.1) is 0 Å². The van der Waals surface area contributed by atoms with Crippen molar-refractivity contribution in [1.29, 1.82) is 0 Å². The maximum Gasteiger partial charge on any atom is 0.159 e. The monoisotopic (exact) mass is 758 g/mol. The summed E-state index contributed by atoms with van der Waals surface area (Å²) >= 11 is 1.88. The van der Waals surface area contributed by atoms with Crippen LogP contribution in [-0.2, 0) is 0 Å². The molecule has 0 amide bonds. The lowest BCUT2D eigenvalue weighted by molar-refractivity contribution is 0.669. The smallest absolute Gasteiger partial charge is 0.159 e. The topological polar surface area (TPSA) is 21.3 Å². The van der Waals surface area contributed by atoms with E-state index in [2.05, 4.69) is 210 Å². The number of hydrogen-bond acceptors (Lipinski definition) is 3. The van der Waals surface area contributed by atoms with E-state index in [0.717, 1.165) is 39.0 Å². The van der Waals surface area contributed by atoms with Gasteiger partial charge in [0.05, 0.1) is 11.2 Å². The lowest BCUT2D eigenvalue weighted by atomic mass is 9.98. The van der Waals surface area contributed by atoms with Crippen molar-refractivity contribution in [3.8, 4) is 27.9 Å². The first-order chi connectivity index (χ1) is 28.8. The van der Waals surface area contributed by atoms with E-state index < -0.39 is 0 Å². The van der Waals surface area contributed by atoms with Crippen LogP contribution >= 0.6 is 11.3 Å². The molecule has 3 heterocycles. The van der Waals surface area contributed by atoms with Gasteiger partial charge in [-0.25, -0.2) is 0 Å². The Morgan fingerprint density at radius 2 is 1.02 bits per heavy atom. The Labute approximate surface area is 338 Å². The van der Waals surface area contributed by atoms with Gasteiger partial charge in [-0.2, -0.15) is 0 Å². The molecule has 0 saturated heterocycles. The second-order valence-corrected chi connectivity index (χ2v) is 15.9. The van der Waals surface area contributed by atoms with E-state index in [1.54, 1.807) is 0 Å². The summed E-state index contributed by atoms with van der Waals surface area (Å²) in [6.07, 6.45) is 0. The van der Waals surface area contributed by atoms with Gasteiger partial charge in [0.2, 0.25) is 0 Å². The van der Waals surface area contributed by atoms with E-state index in [1.165, 1.54) is 69.9 Å². The van der Waals surface area contributed by atoms with Crippen LogP contribution in [-0.4, -0.2) is 4.57 Å². The van der Waals surface area contributed by atoms with E-state index in [4.69, 9.17) is 4.42 Å². The number of aromatic nitrogens is 1. The zero-order chi connectivity index (χ0) is 38.2. The first-order valence-corrected chi connectivity index (χ1v) is 20.5. The molecular weight excluding hydrogens is 725 g/mol. The lowest BCUT2D eigenvalue weighted by Crippen LogP contribution is -2.10. The molecule has 4 heteroatoms. The third-order valence-corrected chi connectivity index (χ3v) is 12.8. The SMILES string of the molecule is c1ccc(-n2c3ccccc3c3c4cccc(-c5ccc(N(c6ccc(-c7cccc8ccccc78)cc6)c6cccc7c6oc6ccccc67)cc5)c4sc32)cc1. The van der Waals surface area contributed by atoms with Crippen LogP contribution in [0.15, 0.2) is 211 Å². The number of anilines is 3. The number of nitrogens with zero attached hydrogens (tertiary/aromatic N) is 2. The van der Waals surface area contributed by atoms with Gasteiger partial charge in [0.15, 0.2) is 5.58 Å². The molecule has 3 aromatic heterocycles. The van der Waals surface area contributed by atoms with Crippen molar-refractivity contribution in [1.82, 2.24) is 4.57 Å². The van der Waals surface area contributed by atoms with E-state index >= 15 is 0 Å². The lowest BCUT2D eigenvalue weighted by Gasteiger charge is -2.26. The maximum absolute atomic E-state index is 6.64. The molecule has 0 aliphatic heterocycles. The Hall–Kier alpha value is -7.40. The fourth-order valence-corrected chi connectivity index (χ4v) is 10.4. The fraction of sp³-hybridized carbons (Fsp3) is 0. The minimum atomic E-state index is 0.868. The quantitative estimate of drug-likeness (QED) is 0.168. The molecule has 272 valence electrons. The predicted molar refractivity (Wildman–Crippen MR) is 247 cm³/mol. The number of benzene rings is 9. The van der Waals surface area contributed by atoms with E-state index in [9.17, 15) is 0 Å². The Bertz CT molecular complexity index is 3500. The van der Waals surface area contributed by atoms with Crippen LogP contribution < -0.4 is 4.90 Å². The van der Waals surface area contributed by atoms with E-state index in [1.807, 2.05) is 17.4 Å². The molecule has 12 rings (SSSR count). The van der Waals surface area contributed by atoms with Crippen LogP contribution in [0.3, 0.4) is 0 Å². The molecular formula is C54H34N2OS. The molecule has 0 fully saturated rings. The molecule has 0 aliphatic carbocycles. The summed E-state index contributed by atoms with van der Waals surface area (Å²) in [6, 6.07) is 74.1. The molecule has 58 heavy (non-hydrogen) atoms. The van der Waals surface area contributed by atoms with Gasteiger partial charge in [-0.05, 0) is 87.6 Å². The van der Waals surface area contributed by atoms with Crippen molar-refractivity contribution in [2.24, 2.45) is 0 Å². The Balaban J connectivity index is 1.01. The summed E-state index contributed by atoms with van der Waals surface area (Å²) in [4.78, 5) is 3.60. The number of rotatable bonds is 6. The third-order valence-electron chi connectivity index (χ3n) is 11.6. The number of para-hydroxylation sites is 4.